The van der Waals surface area contributed by atoms with Crippen molar-refractivity contribution in [2.24, 2.45) is 0 Å². The van der Waals surface area contributed by atoms with Crippen LogP contribution in [0.25, 0.3) is 0 Å². The number of carbonyl (C=O) groups is 2. The number of hydrogen-bond donors (Lipinski definition) is 1. The third kappa shape index (κ3) is 3.36. The van der Waals surface area contributed by atoms with Crippen molar-refractivity contribution >= 4 is 40.6 Å². The minimum absolute atomic E-state index is 0.223. The van der Waals surface area contributed by atoms with Crippen LogP contribution in [0, 0.1) is 0 Å². The summed E-state index contributed by atoms with van der Waals surface area (Å²) in [7, 11) is 1.71. The van der Waals surface area contributed by atoms with E-state index in [-0.39, 0.29) is 11.8 Å². The summed E-state index contributed by atoms with van der Waals surface area (Å²) < 4.78 is 4.17. The number of hydrogen-bond acceptors (Lipinski definition) is 5. The lowest BCUT2D eigenvalue weighted by Crippen LogP contribution is -2.53. The Morgan fingerprint density at radius 1 is 1.11 bits per heavy atom. The Kier molecular flexibility index (Phi) is 5.03. The normalized spacial score (nSPS) is 22.0. The summed E-state index contributed by atoms with van der Waals surface area (Å²) >= 11 is 1.30. The van der Waals surface area contributed by atoms with Gasteiger partial charge < -0.3 is 19.9 Å². The second-order valence-electron chi connectivity index (χ2n) is 7.07. The van der Waals surface area contributed by atoms with Gasteiger partial charge in [0.25, 0.3) is 5.91 Å². The lowest BCUT2D eigenvalue weighted by atomic mass is 10.1. The van der Waals surface area contributed by atoms with Crippen molar-refractivity contribution in [2.75, 3.05) is 48.5 Å². The van der Waals surface area contributed by atoms with Crippen LogP contribution in [-0.4, -0.2) is 49.9 Å². The molecule has 2 heterocycles. The fraction of sp³-hybridized carbons (Fsp3) is 0.333. The molecule has 0 radical (unpaired) electrons. The molecule has 6 nitrogen and oxygen atoms in total. The number of nitrogens with zero attached hydrogens (tertiary/aromatic N) is 2. The van der Waals surface area contributed by atoms with Gasteiger partial charge in [-0.1, -0.05) is 23.9 Å². The predicted octanol–water partition coefficient (Wildman–Crippen LogP) is 2.99. The number of fused-ring (bicyclic) bond motifs is 1. The highest BCUT2D eigenvalue weighted by Gasteiger charge is 2.48. The molecule has 1 saturated heterocycles. The lowest BCUT2D eigenvalue weighted by molar-refractivity contribution is -0.128. The van der Waals surface area contributed by atoms with Gasteiger partial charge in [0.15, 0.2) is 4.75 Å². The van der Waals surface area contributed by atoms with Crippen molar-refractivity contribution in [1.29, 1.82) is 0 Å². The number of nitrogens with one attached hydrogen (secondary N) is 1. The Morgan fingerprint density at radius 3 is 2.50 bits per heavy atom. The number of para-hydroxylation sites is 1. The van der Waals surface area contributed by atoms with Crippen molar-refractivity contribution in [3.8, 4) is 0 Å². The highest BCUT2D eigenvalue weighted by molar-refractivity contribution is 8.02. The van der Waals surface area contributed by atoms with E-state index < -0.39 is 4.75 Å². The Balaban J connectivity index is 1.51. The highest BCUT2D eigenvalue weighted by atomic mass is 32.2. The molecular formula is C21H23N3O3S. The van der Waals surface area contributed by atoms with Crippen LogP contribution in [0.1, 0.15) is 6.92 Å². The molecule has 2 aromatic rings. The van der Waals surface area contributed by atoms with E-state index in [9.17, 15) is 9.59 Å². The van der Waals surface area contributed by atoms with Crippen LogP contribution in [0.3, 0.4) is 0 Å². The molecule has 0 aliphatic carbocycles. The third-order valence-corrected chi connectivity index (χ3v) is 6.52. The Hall–Kier alpha value is -2.51. The van der Waals surface area contributed by atoms with Crippen LogP contribution in [-0.2, 0) is 14.3 Å². The summed E-state index contributed by atoms with van der Waals surface area (Å²) in [5.41, 5.74) is 2.61. The molecule has 0 saturated carbocycles. The van der Waals surface area contributed by atoms with E-state index in [4.69, 9.17) is 4.74 Å². The lowest BCUT2D eigenvalue weighted by Gasteiger charge is -2.37. The van der Waals surface area contributed by atoms with Gasteiger partial charge in [0, 0.05) is 36.4 Å². The molecule has 0 aromatic heterocycles. The summed E-state index contributed by atoms with van der Waals surface area (Å²) in [6.07, 6.45) is 0. The van der Waals surface area contributed by atoms with E-state index in [2.05, 4.69) is 10.2 Å². The summed E-state index contributed by atoms with van der Waals surface area (Å²) in [4.78, 5) is 30.7. The van der Waals surface area contributed by atoms with E-state index in [1.807, 2.05) is 48.5 Å². The number of carbonyl (C=O) groups excluding carboxylic acids is 2. The van der Waals surface area contributed by atoms with Gasteiger partial charge in [-0.2, -0.15) is 0 Å². The minimum Gasteiger partial charge on any atom is -0.378 e. The van der Waals surface area contributed by atoms with Gasteiger partial charge in [-0.25, -0.2) is 0 Å². The average molecular weight is 398 g/mol. The fourth-order valence-electron chi connectivity index (χ4n) is 3.48. The first-order valence-corrected chi connectivity index (χ1v) is 10.1. The fourth-order valence-corrected chi connectivity index (χ4v) is 4.75. The first kappa shape index (κ1) is 18.8. The zero-order chi connectivity index (χ0) is 19.7. The van der Waals surface area contributed by atoms with Crippen molar-refractivity contribution in [3.05, 3.63) is 48.5 Å². The summed E-state index contributed by atoms with van der Waals surface area (Å²) in [5.74, 6) is -0.540. The van der Waals surface area contributed by atoms with Crippen LogP contribution in [0.2, 0.25) is 0 Å². The smallest absolute Gasteiger partial charge is 0.252 e. The number of morpholine rings is 1. The van der Waals surface area contributed by atoms with Crippen LogP contribution in [0.4, 0.5) is 17.1 Å². The van der Waals surface area contributed by atoms with Gasteiger partial charge >= 0.3 is 0 Å². The molecule has 146 valence electrons. The molecule has 0 spiro atoms. The Morgan fingerprint density at radius 2 is 1.79 bits per heavy atom. The van der Waals surface area contributed by atoms with Crippen molar-refractivity contribution < 1.29 is 14.3 Å². The molecule has 1 N–H and O–H groups in total. The SMILES string of the molecule is CN1C(=O)C(C)(C(=O)Nc2ccc(N3CCOCC3)cc2)Sc2ccccc21. The highest BCUT2D eigenvalue weighted by Crippen LogP contribution is 2.45. The van der Waals surface area contributed by atoms with Gasteiger partial charge in [-0.05, 0) is 43.3 Å². The van der Waals surface area contributed by atoms with E-state index >= 15 is 0 Å². The Labute approximate surface area is 168 Å². The van der Waals surface area contributed by atoms with Crippen LogP contribution < -0.4 is 15.1 Å². The molecule has 7 heteroatoms. The predicted molar refractivity (Wildman–Crippen MR) is 112 cm³/mol. The van der Waals surface area contributed by atoms with Gasteiger partial charge in [0.1, 0.15) is 0 Å². The molecule has 4 rings (SSSR count). The Bertz CT molecular complexity index is 896. The second kappa shape index (κ2) is 7.48. The second-order valence-corrected chi connectivity index (χ2v) is 8.53. The number of ether oxygens (including phenoxy) is 1. The average Bonchev–Trinajstić information content (AvgIpc) is 2.73. The molecule has 1 atom stereocenters. The molecule has 1 fully saturated rings. The van der Waals surface area contributed by atoms with Gasteiger partial charge in [-0.3, -0.25) is 9.59 Å². The maximum Gasteiger partial charge on any atom is 0.252 e. The van der Waals surface area contributed by atoms with Crippen molar-refractivity contribution in [2.45, 2.75) is 16.6 Å². The van der Waals surface area contributed by atoms with Crippen LogP contribution >= 0.6 is 11.8 Å². The van der Waals surface area contributed by atoms with E-state index in [0.29, 0.717) is 5.69 Å². The summed E-state index contributed by atoms with van der Waals surface area (Å²) in [5, 5.41) is 2.91. The third-order valence-electron chi connectivity index (χ3n) is 5.19. The summed E-state index contributed by atoms with van der Waals surface area (Å²) in [6, 6.07) is 15.4. The number of amides is 2. The summed E-state index contributed by atoms with van der Waals surface area (Å²) in [6.45, 7) is 4.86. The zero-order valence-electron chi connectivity index (χ0n) is 16.0. The molecule has 2 aliphatic heterocycles. The quantitative estimate of drug-likeness (QED) is 0.807. The molecule has 0 bridgehead atoms. The number of rotatable bonds is 3. The van der Waals surface area contributed by atoms with Crippen LogP contribution in [0.15, 0.2) is 53.4 Å². The van der Waals surface area contributed by atoms with Crippen molar-refractivity contribution in [3.63, 3.8) is 0 Å². The minimum atomic E-state index is -1.22. The zero-order valence-corrected chi connectivity index (χ0v) is 16.8. The largest absolute Gasteiger partial charge is 0.378 e. The maximum absolute atomic E-state index is 13.0. The maximum atomic E-state index is 13.0. The number of thioether (sulfide) groups is 1. The number of anilines is 3. The first-order chi connectivity index (χ1) is 13.5. The van der Waals surface area contributed by atoms with Crippen molar-refractivity contribution in [1.82, 2.24) is 0 Å². The number of benzene rings is 2. The standard InChI is InChI=1S/C21H23N3O3S/c1-21(20(26)23(2)17-5-3-4-6-18(17)28-21)19(25)22-15-7-9-16(10-8-15)24-11-13-27-14-12-24/h3-10H,11-14H2,1-2H3,(H,22,25). The van der Waals surface area contributed by atoms with Crippen LogP contribution in [0.5, 0.6) is 0 Å². The monoisotopic (exact) mass is 397 g/mol. The molecule has 2 aliphatic rings. The topological polar surface area (TPSA) is 61.9 Å². The van der Waals surface area contributed by atoms with Gasteiger partial charge in [0.2, 0.25) is 5.91 Å². The molecule has 1 unspecified atom stereocenters. The molecule has 2 amide bonds. The molecule has 2 aromatic carbocycles. The van der Waals surface area contributed by atoms with E-state index in [0.717, 1.165) is 42.6 Å². The van der Waals surface area contributed by atoms with E-state index in [1.165, 1.54) is 11.8 Å². The van der Waals surface area contributed by atoms with Gasteiger partial charge in [-0.15, -0.1) is 0 Å². The molecular weight excluding hydrogens is 374 g/mol. The van der Waals surface area contributed by atoms with Gasteiger partial charge in [0.05, 0.1) is 18.9 Å². The first-order valence-electron chi connectivity index (χ1n) is 9.29. The molecule has 28 heavy (non-hydrogen) atoms. The van der Waals surface area contributed by atoms with E-state index in [1.54, 1.807) is 18.9 Å².